The van der Waals surface area contributed by atoms with E-state index >= 15 is 0 Å². The Morgan fingerprint density at radius 2 is 1.82 bits per heavy atom. The minimum absolute atomic E-state index is 0.000270. The van der Waals surface area contributed by atoms with Gasteiger partial charge in [0.05, 0.1) is 12.6 Å². The summed E-state index contributed by atoms with van der Waals surface area (Å²) in [4.78, 5) is 36.4. The lowest BCUT2D eigenvalue weighted by molar-refractivity contribution is -0.125. The van der Waals surface area contributed by atoms with Gasteiger partial charge in [-0.2, -0.15) is 5.10 Å². The number of aromatic nitrogens is 2. The first kappa shape index (κ1) is 17.7. The lowest BCUT2D eigenvalue weighted by atomic mass is 10.1. The number of benzene rings is 2. The number of nitrogens with one attached hydrogen (secondary N) is 2. The Labute approximate surface area is 161 Å². The fourth-order valence-corrected chi connectivity index (χ4v) is 3.21. The van der Waals surface area contributed by atoms with Crippen LogP contribution in [0.2, 0.25) is 0 Å². The van der Waals surface area contributed by atoms with Crippen LogP contribution in [0.5, 0.6) is 0 Å². The molecule has 0 saturated heterocycles. The third kappa shape index (κ3) is 3.29. The van der Waals surface area contributed by atoms with Crippen molar-refractivity contribution in [1.82, 2.24) is 9.78 Å². The summed E-state index contributed by atoms with van der Waals surface area (Å²) in [7, 11) is 0. The molecule has 7 heteroatoms. The van der Waals surface area contributed by atoms with Gasteiger partial charge in [-0.1, -0.05) is 30.3 Å². The van der Waals surface area contributed by atoms with Crippen molar-refractivity contribution in [3.05, 3.63) is 66.4 Å². The summed E-state index contributed by atoms with van der Waals surface area (Å²) in [5.74, 6) is -0.113. The summed E-state index contributed by atoms with van der Waals surface area (Å²) in [5, 5.41) is 9.96. The Kier molecular flexibility index (Phi) is 4.49. The molecule has 1 aromatic heterocycles. The number of carbonyl (C=O) groups is 3. The molecule has 1 aliphatic rings. The molecule has 2 N–H and O–H groups in total. The summed E-state index contributed by atoms with van der Waals surface area (Å²) >= 11 is 0. The molecular formula is C21H18N4O3. The van der Waals surface area contributed by atoms with Crippen LogP contribution in [-0.4, -0.2) is 27.4 Å². The van der Waals surface area contributed by atoms with Crippen molar-refractivity contribution in [2.24, 2.45) is 0 Å². The second-order valence-electron chi connectivity index (χ2n) is 6.61. The second-order valence-corrected chi connectivity index (χ2v) is 6.61. The smallest absolute Gasteiger partial charge is 0.249 e. The van der Waals surface area contributed by atoms with E-state index in [9.17, 15) is 14.4 Å². The maximum Gasteiger partial charge on any atom is 0.249 e. The average Bonchev–Trinajstić information content (AvgIpc) is 3.12. The summed E-state index contributed by atoms with van der Waals surface area (Å²) < 4.78 is 1.54. The molecule has 3 aromatic rings. The highest BCUT2D eigenvalue weighted by atomic mass is 16.2. The zero-order chi connectivity index (χ0) is 19.7. The number of hydrogen-bond acceptors (Lipinski definition) is 4. The fourth-order valence-electron chi connectivity index (χ4n) is 3.21. The molecule has 140 valence electrons. The molecule has 0 fully saturated rings. The Morgan fingerprint density at radius 3 is 2.50 bits per heavy atom. The maximum absolute atomic E-state index is 12.8. The summed E-state index contributed by atoms with van der Waals surface area (Å²) in [6, 6.07) is 15.4. The third-order valence-electron chi connectivity index (χ3n) is 4.67. The van der Waals surface area contributed by atoms with Gasteiger partial charge in [0, 0.05) is 16.8 Å². The number of fused-ring (bicyclic) bond motifs is 1. The van der Waals surface area contributed by atoms with Crippen LogP contribution >= 0.6 is 0 Å². The Hall–Kier alpha value is -3.74. The number of hydrogen-bond donors (Lipinski definition) is 2. The van der Waals surface area contributed by atoms with E-state index in [1.54, 1.807) is 35.1 Å². The molecular weight excluding hydrogens is 356 g/mol. The molecule has 4 rings (SSSR count). The predicted octanol–water partition coefficient (Wildman–Crippen LogP) is 3.27. The van der Waals surface area contributed by atoms with E-state index < -0.39 is 6.04 Å². The number of anilines is 2. The summed E-state index contributed by atoms with van der Waals surface area (Å²) in [5.41, 5.74) is 2.79. The van der Waals surface area contributed by atoms with Gasteiger partial charge in [-0.3, -0.25) is 14.4 Å². The molecule has 1 aliphatic heterocycles. The number of rotatable bonds is 4. The van der Waals surface area contributed by atoms with Crippen LogP contribution in [0.25, 0.3) is 11.1 Å². The molecule has 2 heterocycles. The van der Waals surface area contributed by atoms with E-state index in [1.807, 2.05) is 30.3 Å². The Balaban J connectivity index is 1.61. The van der Waals surface area contributed by atoms with E-state index in [0.717, 1.165) is 11.1 Å². The van der Waals surface area contributed by atoms with Gasteiger partial charge in [-0.15, -0.1) is 0 Å². The van der Waals surface area contributed by atoms with Gasteiger partial charge in [-0.05, 0) is 36.8 Å². The number of carbonyl (C=O) groups excluding carboxylic acids is 3. The summed E-state index contributed by atoms with van der Waals surface area (Å²) in [6.45, 7) is 1.48. The van der Waals surface area contributed by atoms with Crippen LogP contribution < -0.4 is 10.6 Å². The molecule has 7 nitrogen and oxygen atoms in total. The van der Waals surface area contributed by atoms with E-state index in [4.69, 9.17) is 0 Å². The van der Waals surface area contributed by atoms with E-state index in [1.165, 1.54) is 6.92 Å². The van der Waals surface area contributed by atoms with E-state index in [-0.39, 0.29) is 24.0 Å². The molecule has 0 aliphatic carbocycles. The monoisotopic (exact) mass is 374 g/mol. The van der Waals surface area contributed by atoms with Crippen LogP contribution in [-0.2, 0) is 9.59 Å². The summed E-state index contributed by atoms with van der Waals surface area (Å²) in [6.07, 6.45) is 1.65. The molecule has 28 heavy (non-hydrogen) atoms. The van der Waals surface area contributed by atoms with Gasteiger partial charge in [-0.25, -0.2) is 4.68 Å². The lowest BCUT2D eigenvalue weighted by Crippen LogP contribution is -2.35. The van der Waals surface area contributed by atoms with Crippen LogP contribution in [0.1, 0.15) is 29.7 Å². The van der Waals surface area contributed by atoms with Gasteiger partial charge in [0.25, 0.3) is 0 Å². The first-order valence-corrected chi connectivity index (χ1v) is 8.87. The SMILES string of the molecule is CC(=O)c1ccc(NC(=O)[C@@H]2CC(=O)Nc3c(-c4ccccc4)cnn32)cc1. The second kappa shape index (κ2) is 7.11. The van der Waals surface area contributed by atoms with Crippen LogP contribution in [0.15, 0.2) is 60.8 Å². The maximum atomic E-state index is 12.8. The topological polar surface area (TPSA) is 93.1 Å². The van der Waals surface area contributed by atoms with Gasteiger partial charge in [0.1, 0.15) is 11.9 Å². The minimum Gasteiger partial charge on any atom is -0.324 e. The number of ketones is 1. The fraction of sp³-hybridized carbons (Fsp3) is 0.143. The molecule has 0 unspecified atom stereocenters. The van der Waals surface area contributed by atoms with Crippen molar-refractivity contribution < 1.29 is 14.4 Å². The standard InChI is InChI=1S/C21H18N4O3/c1-13(26)14-7-9-16(10-8-14)23-21(28)18-11-19(27)24-20-17(12-22-25(18)20)15-5-3-2-4-6-15/h2-10,12,18H,11H2,1H3,(H,23,28)(H,24,27)/t18-/m0/s1. The van der Waals surface area contributed by atoms with Crippen LogP contribution in [0.4, 0.5) is 11.5 Å². The molecule has 0 spiro atoms. The van der Waals surface area contributed by atoms with Gasteiger partial charge >= 0.3 is 0 Å². The third-order valence-corrected chi connectivity index (χ3v) is 4.67. The average molecular weight is 374 g/mol. The van der Waals surface area contributed by atoms with Gasteiger partial charge < -0.3 is 10.6 Å². The first-order chi connectivity index (χ1) is 13.5. The lowest BCUT2D eigenvalue weighted by Gasteiger charge is -2.24. The Morgan fingerprint density at radius 1 is 1.11 bits per heavy atom. The predicted molar refractivity (Wildman–Crippen MR) is 105 cm³/mol. The minimum atomic E-state index is -0.756. The highest BCUT2D eigenvalue weighted by molar-refractivity contribution is 6.03. The zero-order valence-electron chi connectivity index (χ0n) is 15.2. The van der Waals surface area contributed by atoms with Crippen molar-refractivity contribution in [3.63, 3.8) is 0 Å². The van der Waals surface area contributed by atoms with Gasteiger partial charge in [0.2, 0.25) is 11.8 Å². The van der Waals surface area contributed by atoms with Crippen molar-refractivity contribution in [2.45, 2.75) is 19.4 Å². The molecule has 0 saturated carbocycles. The largest absolute Gasteiger partial charge is 0.324 e. The van der Waals surface area contributed by atoms with Crippen molar-refractivity contribution in [3.8, 4) is 11.1 Å². The van der Waals surface area contributed by atoms with Crippen molar-refractivity contribution in [1.29, 1.82) is 0 Å². The van der Waals surface area contributed by atoms with E-state index in [2.05, 4.69) is 15.7 Å². The Bertz CT molecular complexity index is 1060. The number of nitrogens with zero attached hydrogens (tertiary/aromatic N) is 2. The first-order valence-electron chi connectivity index (χ1n) is 8.87. The normalized spacial score (nSPS) is 15.5. The highest BCUT2D eigenvalue weighted by Gasteiger charge is 2.33. The molecule has 0 radical (unpaired) electrons. The highest BCUT2D eigenvalue weighted by Crippen LogP contribution is 2.34. The number of Topliss-reactive ketones (excluding diaryl/α,β-unsaturated/α-hetero) is 1. The molecule has 1 atom stereocenters. The number of amides is 2. The molecule has 2 aromatic carbocycles. The molecule has 2 amide bonds. The van der Waals surface area contributed by atoms with Crippen LogP contribution in [0, 0.1) is 0 Å². The van der Waals surface area contributed by atoms with Crippen molar-refractivity contribution in [2.75, 3.05) is 10.6 Å². The van der Waals surface area contributed by atoms with Crippen LogP contribution in [0.3, 0.4) is 0 Å². The van der Waals surface area contributed by atoms with Crippen molar-refractivity contribution >= 4 is 29.1 Å². The quantitative estimate of drug-likeness (QED) is 0.686. The van der Waals surface area contributed by atoms with Gasteiger partial charge in [0.15, 0.2) is 5.78 Å². The zero-order valence-corrected chi connectivity index (χ0v) is 15.2. The molecule has 0 bridgehead atoms. The van der Waals surface area contributed by atoms with E-state index in [0.29, 0.717) is 17.1 Å².